The fourth-order valence-electron chi connectivity index (χ4n) is 2.66. The van der Waals surface area contributed by atoms with Crippen LogP contribution >= 0.6 is 11.6 Å². The van der Waals surface area contributed by atoms with Crippen molar-refractivity contribution >= 4 is 21.4 Å². The Kier molecular flexibility index (Phi) is 5.01. The van der Waals surface area contributed by atoms with Crippen LogP contribution < -0.4 is 0 Å². The van der Waals surface area contributed by atoms with Crippen molar-refractivity contribution in [1.82, 2.24) is 0 Å². The molecule has 2 aromatic rings. The molecule has 0 aromatic heterocycles. The van der Waals surface area contributed by atoms with E-state index in [1.54, 1.807) is 24.3 Å². The number of benzene rings is 2. The van der Waals surface area contributed by atoms with Crippen molar-refractivity contribution in [1.29, 1.82) is 0 Å². The molecule has 0 saturated carbocycles. The molecule has 0 unspecified atom stereocenters. The maximum Gasteiger partial charge on any atom is 0.206 e. The minimum Gasteiger partial charge on any atom is -0.507 e. The molecular weight excluding hydrogens is 356 g/mol. The quantitative estimate of drug-likeness (QED) is 0.751. The lowest BCUT2D eigenvalue weighted by Crippen LogP contribution is -2.19. The van der Waals surface area contributed by atoms with Crippen molar-refractivity contribution in [2.75, 3.05) is 0 Å². The van der Waals surface area contributed by atoms with Gasteiger partial charge >= 0.3 is 0 Å². The Morgan fingerprint density at radius 1 is 0.800 bits per heavy atom. The number of hydrogen-bond acceptors (Lipinski definition) is 3. The van der Waals surface area contributed by atoms with Crippen molar-refractivity contribution in [3.05, 3.63) is 52.5 Å². The molecule has 1 N–H and O–H groups in total. The maximum atomic E-state index is 13.1. The molecule has 25 heavy (non-hydrogen) atoms. The average molecular weight is 381 g/mol. The van der Waals surface area contributed by atoms with Crippen molar-refractivity contribution in [3.63, 3.8) is 0 Å². The first kappa shape index (κ1) is 19.8. The number of rotatable bonds is 2. The van der Waals surface area contributed by atoms with Gasteiger partial charge in [0.05, 0.1) is 9.79 Å². The Morgan fingerprint density at radius 3 is 1.56 bits per heavy atom. The molecule has 0 heterocycles. The molecule has 136 valence electrons. The van der Waals surface area contributed by atoms with Gasteiger partial charge in [-0.15, -0.1) is 0 Å². The summed E-state index contributed by atoms with van der Waals surface area (Å²) >= 11 is 5.87. The summed E-state index contributed by atoms with van der Waals surface area (Å²) < 4.78 is 26.2. The van der Waals surface area contributed by atoms with Gasteiger partial charge in [0.15, 0.2) is 0 Å². The largest absolute Gasteiger partial charge is 0.507 e. The number of phenolic OH excluding ortho intramolecular Hbond substituents is 1. The van der Waals surface area contributed by atoms with E-state index in [1.165, 1.54) is 12.1 Å². The van der Waals surface area contributed by atoms with Crippen LogP contribution in [0.3, 0.4) is 0 Å². The summed E-state index contributed by atoms with van der Waals surface area (Å²) in [5.41, 5.74) is 0.450. The summed E-state index contributed by atoms with van der Waals surface area (Å²) in [6, 6.07) is 9.27. The van der Waals surface area contributed by atoms with E-state index in [4.69, 9.17) is 11.6 Å². The lowest BCUT2D eigenvalue weighted by atomic mass is 9.79. The van der Waals surface area contributed by atoms with Crippen LogP contribution in [0.25, 0.3) is 0 Å². The van der Waals surface area contributed by atoms with Gasteiger partial charge in [-0.05, 0) is 47.2 Å². The van der Waals surface area contributed by atoms with Crippen LogP contribution in [0.1, 0.15) is 52.7 Å². The smallest absolute Gasteiger partial charge is 0.206 e. The molecule has 0 spiro atoms. The molecule has 0 bridgehead atoms. The standard InChI is InChI=1S/C20H25ClO3S/c1-19(2,3)16-11-15(12-17(18(16)22)20(4,5)6)25(23,24)14-9-7-13(21)8-10-14/h7-12,22H,1-6H3. The Bertz CT molecular complexity index is 849. The minimum atomic E-state index is -3.71. The van der Waals surface area contributed by atoms with E-state index in [0.717, 1.165) is 0 Å². The summed E-state index contributed by atoms with van der Waals surface area (Å²) in [5, 5.41) is 11.2. The predicted octanol–water partition coefficient (Wildman–Crippen LogP) is 5.47. The van der Waals surface area contributed by atoms with Crippen LogP contribution in [0, 0.1) is 0 Å². The zero-order valence-electron chi connectivity index (χ0n) is 15.5. The highest BCUT2D eigenvalue weighted by Gasteiger charge is 2.30. The van der Waals surface area contributed by atoms with Crippen LogP contribution in [-0.4, -0.2) is 13.5 Å². The normalized spacial score (nSPS) is 13.1. The molecule has 5 heteroatoms. The minimum absolute atomic E-state index is 0.162. The summed E-state index contributed by atoms with van der Waals surface area (Å²) in [6.45, 7) is 11.7. The van der Waals surface area contributed by atoms with Crippen LogP contribution in [0.4, 0.5) is 0 Å². The fourth-order valence-corrected chi connectivity index (χ4v) is 4.09. The summed E-state index contributed by atoms with van der Waals surface area (Å²) in [5.74, 6) is 0.162. The lowest BCUT2D eigenvalue weighted by molar-refractivity contribution is 0.422. The second-order valence-electron chi connectivity index (χ2n) is 8.32. The first-order valence-corrected chi connectivity index (χ1v) is 9.99. The highest BCUT2D eigenvalue weighted by atomic mass is 35.5. The van der Waals surface area contributed by atoms with Gasteiger partial charge < -0.3 is 5.11 Å². The summed E-state index contributed by atoms with van der Waals surface area (Å²) in [6.07, 6.45) is 0. The van der Waals surface area contributed by atoms with Gasteiger partial charge in [0, 0.05) is 16.1 Å². The van der Waals surface area contributed by atoms with Crippen LogP contribution in [-0.2, 0) is 20.7 Å². The molecular formula is C20H25ClO3S. The van der Waals surface area contributed by atoms with E-state index in [1.807, 2.05) is 41.5 Å². The number of aromatic hydroxyl groups is 1. The number of halogens is 1. The van der Waals surface area contributed by atoms with Gasteiger partial charge in [-0.1, -0.05) is 53.1 Å². The second-order valence-corrected chi connectivity index (χ2v) is 10.7. The van der Waals surface area contributed by atoms with Crippen molar-refractivity contribution in [2.45, 2.75) is 62.2 Å². The van der Waals surface area contributed by atoms with E-state index in [-0.39, 0.29) is 15.5 Å². The van der Waals surface area contributed by atoms with Gasteiger partial charge in [0.1, 0.15) is 5.75 Å². The van der Waals surface area contributed by atoms with E-state index in [0.29, 0.717) is 16.1 Å². The average Bonchev–Trinajstić information content (AvgIpc) is 2.45. The van der Waals surface area contributed by atoms with Gasteiger partial charge in [0.2, 0.25) is 9.84 Å². The Hall–Kier alpha value is -1.52. The molecule has 0 aliphatic rings. The Balaban J connectivity index is 2.79. The summed E-state index contributed by atoms with van der Waals surface area (Å²) in [4.78, 5) is 0.366. The van der Waals surface area contributed by atoms with Crippen LogP contribution in [0.15, 0.2) is 46.2 Å². The van der Waals surface area contributed by atoms with Crippen molar-refractivity contribution in [2.24, 2.45) is 0 Å². The third-order valence-corrected chi connectivity index (χ3v) is 6.13. The van der Waals surface area contributed by atoms with E-state index >= 15 is 0 Å². The molecule has 0 amide bonds. The van der Waals surface area contributed by atoms with E-state index < -0.39 is 20.7 Å². The fraction of sp³-hybridized carbons (Fsp3) is 0.400. The van der Waals surface area contributed by atoms with Gasteiger partial charge in [-0.3, -0.25) is 0 Å². The zero-order valence-corrected chi connectivity index (χ0v) is 17.1. The SMILES string of the molecule is CC(C)(C)c1cc(S(=O)(=O)c2ccc(Cl)cc2)cc(C(C)(C)C)c1O. The topological polar surface area (TPSA) is 54.4 Å². The molecule has 2 rings (SSSR count). The Labute approximate surface area is 155 Å². The third kappa shape index (κ3) is 4.01. The third-order valence-electron chi connectivity index (χ3n) is 4.13. The molecule has 0 radical (unpaired) electrons. The maximum absolute atomic E-state index is 13.1. The van der Waals surface area contributed by atoms with Crippen molar-refractivity contribution in [3.8, 4) is 5.75 Å². The van der Waals surface area contributed by atoms with E-state index in [9.17, 15) is 13.5 Å². The summed E-state index contributed by atoms with van der Waals surface area (Å²) in [7, 11) is -3.71. The highest BCUT2D eigenvalue weighted by molar-refractivity contribution is 7.91. The first-order valence-electron chi connectivity index (χ1n) is 8.13. The number of phenols is 1. The van der Waals surface area contributed by atoms with Crippen molar-refractivity contribution < 1.29 is 13.5 Å². The van der Waals surface area contributed by atoms with Gasteiger partial charge in [-0.25, -0.2) is 8.42 Å². The predicted molar refractivity (Wildman–Crippen MR) is 102 cm³/mol. The van der Waals surface area contributed by atoms with E-state index in [2.05, 4.69) is 0 Å². The van der Waals surface area contributed by atoms with Gasteiger partial charge in [0.25, 0.3) is 0 Å². The molecule has 0 fully saturated rings. The Morgan fingerprint density at radius 2 is 1.20 bits per heavy atom. The monoisotopic (exact) mass is 380 g/mol. The molecule has 0 saturated heterocycles. The van der Waals surface area contributed by atoms with Gasteiger partial charge in [-0.2, -0.15) is 0 Å². The molecule has 0 aliphatic heterocycles. The molecule has 3 nitrogen and oxygen atoms in total. The number of hydrogen-bond donors (Lipinski definition) is 1. The second kappa shape index (κ2) is 6.33. The highest BCUT2D eigenvalue weighted by Crippen LogP contribution is 2.41. The van der Waals surface area contributed by atoms with Crippen LogP contribution in [0.5, 0.6) is 5.75 Å². The molecule has 2 aromatic carbocycles. The van der Waals surface area contributed by atoms with Crippen LogP contribution in [0.2, 0.25) is 5.02 Å². The number of sulfone groups is 1. The lowest BCUT2D eigenvalue weighted by Gasteiger charge is -2.28. The zero-order chi connectivity index (χ0) is 19.2. The molecule has 0 atom stereocenters. The molecule has 0 aliphatic carbocycles. The first-order chi connectivity index (χ1) is 11.2.